The molecule has 28 heavy (non-hydrogen) atoms. The molecule has 0 spiro atoms. The van der Waals surface area contributed by atoms with Crippen molar-refractivity contribution in [1.82, 2.24) is 8.97 Å². The Labute approximate surface area is 162 Å². The van der Waals surface area contributed by atoms with Crippen LogP contribution in [-0.2, 0) is 0 Å². The number of aromatic nitrogens is 2. The van der Waals surface area contributed by atoms with Gasteiger partial charge in [-0.25, -0.2) is 0 Å². The highest BCUT2D eigenvalue weighted by molar-refractivity contribution is 6.17. The first-order valence-electron chi connectivity index (χ1n) is 9.56. The largest absolute Gasteiger partial charge is 0.314 e. The topological polar surface area (TPSA) is 9.34 Å². The summed E-state index contributed by atoms with van der Waals surface area (Å²) < 4.78 is 4.74. The minimum atomic E-state index is 1.18. The van der Waals surface area contributed by atoms with Crippen LogP contribution in [0.5, 0.6) is 0 Å². The van der Waals surface area contributed by atoms with E-state index in [1.807, 2.05) is 0 Å². The Bertz CT molecular complexity index is 1330. The molecular weight excluding hydrogens is 340 g/mol. The van der Waals surface area contributed by atoms with Crippen molar-refractivity contribution < 1.29 is 0 Å². The highest BCUT2D eigenvalue weighted by Crippen LogP contribution is 2.42. The summed E-state index contributed by atoms with van der Waals surface area (Å²) in [5.41, 5.74) is 8.67. The molecule has 0 aliphatic rings. The van der Waals surface area contributed by atoms with E-state index in [2.05, 4.69) is 118 Å². The number of pyridine rings is 1. The van der Waals surface area contributed by atoms with Gasteiger partial charge in [-0.1, -0.05) is 72.8 Å². The van der Waals surface area contributed by atoms with Gasteiger partial charge in [-0.15, -0.1) is 0 Å². The van der Waals surface area contributed by atoms with Gasteiger partial charge in [-0.05, 0) is 35.9 Å². The Morgan fingerprint density at radius 1 is 0.500 bits per heavy atom. The van der Waals surface area contributed by atoms with Crippen LogP contribution in [0.1, 0.15) is 0 Å². The van der Waals surface area contributed by atoms with Crippen LogP contribution in [-0.4, -0.2) is 8.97 Å². The zero-order chi connectivity index (χ0) is 18.5. The van der Waals surface area contributed by atoms with Gasteiger partial charge in [0.15, 0.2) is 0 Å². The Morgan fingerprint density at radius 3 is 1.96 bits per heavy atom. The molecule has 3 aromatic heterocycles. The van der Waals surface area contributed by atoms with Gasteiger partial charge in [0.2, 0.25) is 0 Å². The maximum absolute atomic E-state index is 2.40. The predicted molar refractivity (Wildman–Crippen MR) is 117 cm³/mol. The lowest BCUT2D eigenvalue weighted by molar-refractivity contribution is 1.18. The molecule has 0 saturated heterocycles. The van der Waals surface area contributed by atoms with Crippen molar-refractivity contribution in [2.24, 2.45) is 0 Å². The van der Waals surface area contributed by atoms with Gasteiger partial charge in [-0.3, -0.25) is 0 Å². The smallest absolute Gasteiger partial charge is 0.0809 e. The summed E-state index contributed by atoms with van der Waals surface area (Å²) in [5.74, 6) is 0. The summed E-state index contributed by atoms with van der Waals surface area (Å²) >= 11 is 0. The molecule has 0 saturated carbocycles. The Morgan fingerprint density at radius 2 is 1.14 bits per heavy atom. The van der Waals surface area contributed by atoms with Crippen LogP contribution in [0, 0.1) is 0 Å². The Kier molecular flexibility index (Phi) is 3.20. The Balaban J connectivity index is 1.93. The molecule has 3 aromatic carbocycles. The van der Waals surface area contributed by atoms with E-state index in [1.54, 1.807) is 0 Å². The number of nitrogens with zero attached hydrogens (tertiary/aromatic N) is 2. The lowest BCUT2D eigenvalue weighted by Gasteiger charge is -2.09. The van der Waals surface area contributed by atoms with Crippen molar-refractivity contribution in [1.29, 1.82) is 0 Å². The molecule has 0 amide bonds. The third-order valence-electron chi connectivity index (χ3n) is 5.52. The first kappa shape index (κ1) is 15.3. The maximum atomic E-state index is 2.40. The van der Waals surface area contributed by atoms with Crippen molar-refractivity contribution in [3.63, 3.8) is 0 Å². The van der Waals surface area contributed by atoms with Gasteiger partial charge in [0.1, 0.15) is 0 Å². The van der Waals surface area contributed by atoms with Crippen LogP contribution >= 0.6 is 0 Å². The van der Waals surface area contributed by atoms with Crippen molar-refractivity contribution in [2.45, 2.75) is 0 Å². The monoisotopic (exact) mass is 358 g/mol. The minimum Gasteiger partial charge on any atom is -0.314 e. The fourth-order valence-electron chi connectivity index (χ4n) is 4.39. The average molecular weight is 358 g/mol. The van der Waals surface area contributed by atoms with E-state index in [9.17, 15) is 0 Å². The second-order valence-electron chi connectivity index (χ2n) is 7.08. The predicted octanol–water partition coefficient (Wildman–Crippen LogP) is 6.70. The standard InChI is InChI=1S/C26H18N2/c1-3-11-19(12-4-1)24-23-17-9-10-18-27(23)25-21-15-7-8-16-22(21)28(26(24)25)20-13-5-2-6-14-20/h1-18H. The molecule has 0 bridgehead atoms. The van der Waals surface area contributed by atoms with Crippen molar-refractivity contribution in [2.75, 3.05) is 0 Å². The van der Waals surface area contributed by atoms with E-state index in [-0.39, 0.29) is 0 Å². The normalized spacial score (nSPS) is 11.6. The second kappa shape index (κ2) is 5.86. The molecule has 132 valence electrons. The molecule has 6 rings (SSSR count). The number of fused-ring (bicyclic) bond motifs is 5. The van der Waals surface area contributed by atoms with E-state index in [0.29, 0.717) is 0 Å². The molecular formula is C26H18N2. The highest BCUT2D eigenvalue weighted by atomic mass is 15.0. The molecule has 3 heterocycles. The van der Waals surface area contributed by atoms with Crippen molar-refractivity contribution in [3.05, 3.63) is 109 Å². The molecule has 0 N–H and O–H groups in total. The van der Waals surface area contributed by atoms with E-state index in [4.69, 9.17) is 0 Å². The van der Waals surface area contributed by atoms with Gasteiger partial charge < -0.3 is 8.97 Å². The van der Waals surface area contributed by atoms with Gasteiger partial charge in [0.25, 0.3) is 0 Å². The van der Waals surface area contributed by atoms with Crippen LogP contribution in [0.25, 0.3) is 44.3 Å². The number of hydrogen-bond donors (Lipinski definition) is 0. The first-order valence-corrected chi connectivity index (χ1v) is 9.56. The lowest BCUT2D eigenvalue weighted by Crippen LogP contribution is -1.94. The molecule has 2 heteroatoms. The minimum absolute atomic E-state index is 1.18. The fraction of sp³-hybridized carbons (Fsp3) is 0. The molecule has 0 aliphatic carbocycles. The molecule has 0 atom stereocenters. The molecule has 0 aliphatic heterocycles. The van der Waals surface area contributed by atoms with Crippen LogP contribution < -0.4 is 0 Å². The Hall–Kier alpha value is -3.78. The number of benzene rings is 3. The van der Waals surface area contributed by atoms with Gasteiger partial charge in [-0.2, -0.15) is 0 Å². The summed E-state index contributed by atoms with van der Waals surface area (Å²) in [7, 11) is 0. The van der Waals surface area contributed by atoms with Crippen molar-refractivity contribution in [3.8, 4) is 16.8 Å². The summed E-state index contributed by atoms with van der Waals surface area (Å²) in [5, 5.41) is 1.27. The molecule has 0 unspecified atom stereocenters. The van der Waals surface area contributed by atoms with E-state index in [1.165, 1.54) is 44.3 Å². The molecule has 6 aromatic rings. The summed E-state index contributed by atoms with van der Waals surface area (Å²) in [6.45, 7) is 0. The quantitative estimate of drug-likeness (QED) is 0.326. The number of hydrogen-bond acceptors (Lipinski definition) is 0. The third kappa shape index (κ3) is 2.03. The summed E-state index contributed by atoms with van der Waals surface area (Å²) in [4.78, 5) is 0. The third-order valence-corrected chi connectivity index (χ3v) is 5.52. The van der Waals surface area contributed by atoms with E-state index in [0.717, 1.165) is 0 Å². The average Bonchev–Trinajstić information content (AvgIpc) is 3.27. The lowest BCUT2D eigenvalue weighted by atomic mass is 10.1. The zero-order valence-corrected chi connectivity index (χ0v) is 15.3. The van der Waals surface area contributed by atoms with Gasteiger partial charge in [0, 0.05) is 22.8 Å². The number of para-hydroxylation sites is 2. The highest BCUT2D eigenvalue weighted by Gasteiger charge is 2.22. The van der Waals surface area contributed by atoms with Gasteiger partial charge >= 0.3 is 0 Å². The second-order valence-corrected chi connectivity index (χ2v) is 7.08. The molecule has 0 fully saturated rings. The van der Waals surface area contributed by atoms with Crippen LogP contribution in [0.4, 0.5) is 0 Å². The van der Waals surface area contributed by atoms with Gasteiger partial charge in [0.05, 0.1) is 22.1 Å². The SMILES string of the molecule is c1ccc(-c2c3c(c4ccccc4n3-c3ccccc3)n3ccccc23)cc1. The maximum Gasteiger partial charge on any atom is 0.0809 e. The zero-order valence-electron chi connectivity index (χ0n) is 15.3. The number of rotatable bonds is 2. The first-order chi connectivity index (χ1) is 13.9. The van der Waals surface area contributed by atoms with E-state index >= 15 is 0 Å². The molecule has 2 nitrogen and oxygen atoms in total. The van der Waals surface area contributed by atoms with Crippen LogP contribution in [0.3, 0.4) is 0 Å². The summed E-state index contributed by atoms with van der Waals surface area (Å²) in [6.07, 6.45) is 2.17. The van der Waals surface area contributed by atoms with Crippen LogP contribution in [0.2, 0.25) is 0 Å². The summed E-state index contributed by atoms with van der Waals surface area (Å²) in [6, 6.07) is 36.5. The van der Waals surface area contributed by atoms with Crippen LogP contribution in [0.15, 0.2) is 109 Å². The van der Waals surface area contributed by atoms with E-state index < -0.39 is 0 Å². The van der Waals surface area contributed by atoms with Crippen molar-refractivity contribution >= 4 is 27.5 Å². The molecule has 0 radical (unpaired) electrons. The fourth-order valence-corrected chi connectivity index (χ4v) is 4.39.